The van der Waals surface area contributed by atoms with E-state index in [1.54, 1.807) is 28.4 Å². The number of para-hydroxylation sites is 1. The normalized spacial score (nSPS) is 11.0. The molecule has 0 spiro atoms. The average molecular weight is 420 g/mol. The Bertz CT molecular complexity index is 1230. The van der Waals surface area contributed by atoms with Gasteiger partial charge < -0.3 is 4.90 Å². The lowest BCUT2D eigenvalue weighted by Gasteiger charge is -2.18. The number of thioether (sulfide) groups is 1. The van der Waals surface area contributed by atoms with Crippen molar-refractivity contribution in [2.45, 2.75) is 18.0 Å². The molecule has 0 saturated heterocycles. The molecule has 4 aromatic rings. The summed E-state index contributed by atoms with van der Waals surface area (Å²) in [5.41, 5.74) is 2.04. The van der Waals surface area contributed by atoms with Gasteiger partial charge in [0, 0.05) is 18.5 Å². The van der Waals surface area contributed by atoms with Crippen LogP contribution in [0.1, 0.15) is 5.56 Å². The van der Waals surface area contributed by atoms with Crippen LogP contribution in [-0.4, -0.2) is 43.4 Å². The van der Waals surface area contributed by atoms with E-state index in [0.29, 0.717) is 17.6 Å². The molecule has 0 fully saturated rings. The number of likely N-dealkylation sites (N-methyl/N-ethyl adjacent to an activating group) is 1. The molecule has 2 aromatic carbocycles. The molecular formula is C22H21N5O2S. The maximum absolute atomic E-state index is 12.9. The minimum atomic E-state index is -0.284. The molecule has 7 nitrogen and oxygen atoms in total. The van der Waals surface area contributed by atoms with E-state index >= 15 is 0 Å². The SMILES string of the molecule is CSc1ccc(CN(C)C(=O)Cn2cnc3c(cnn3-c3ccccc3)c2=O)cc1. The molecule has 0 bridgehead atoms. The van der Waals surface area contributed by atoms with Crippen molar-refractivity contribution in [3.63, 3.8) is 0 Å². The van der Waals surface area contributed by atoms with Crippen LogP contribution in [0.25, 0.3) is 16.7 Å². The van der Waals surface area contributed by atoms with Crippen molar-refractivity contribution in [3.05, 3.63) is 83.0 Å². The smallest absolute Gasteiger partial charge is 0.264 e. The van der Waals surface area contributed by atoms with Gasteiger partial charge in [0.05, 0.1) is 11.9 Å². The Morgan fingerprint density at radius 3 is 2.53 bits per heavy atom. The Kier molecular flexibility index (Phi) is 5.67. The van der Waals surface area contributed by atoms with Crippen LogP contribution in [0.2, 0.25) is 0 Å². The third kappa shape index (κ3) is 3.99. The Labute approximate surface area is 178 Å². The number of hydrogen-bond donors (Lipinski definition) is 0. The van der Waals surface area contributed by atoms with Gasteiger partial charge in [-0.2, -0.15) is 5.10 Å². The van der Waals surface area contributed by atoms with Crippen molar-refractivity contribution in [2.75, 3.05) is 13.3 Å². The highest BCUT2D eigenvalue weighted by molar-refractivity contribution is 7.98. The Hall–Kier alpha value is -3.39. The van der Waals surface area contributed by atoms with Crippen molar-refractivity contribution in [3.8, 4) is 5.69 Å². The van der Waals surface area contributed by atoms with Gasteiger partial charge in [0.1, 0.15) is 18.3 Å². The number of hydrogen-bond acceptors (Lipinski definition) is 5. The van der Waals surface area contributed by atoms with E-state index in [-0.39, 0.29) is 18.0 Å². The van der Waals surface area contributed by atoms with Crippen molar-refractivity contribution >= 4 is 28.7 Å². The molecule has 0 radical (unpaired) electrons. The fraction of sp³-hybridized carbons (Fsp3) is 0.182. The molecule has 30 heavy (non-hydrogen) atoms. The number of carbonyl (C=O) groups excluding carboxylic acids is 1. The topological polar surface area (TPSA) is 73.0 Å². The summed E-state index contributed by atoms with van der Waals surface area (Å²) >= 11 is 1.67. The Morgan fingerprint density at radius 1 is 1.10 bits per heavy atom. The van der Waals surface area contributed by atoms with Gasteiger partial charge in [-0.15, -0.1) is 11.8 Å². The van der Waals surface area contributed by atoms with E-state index in [2.05, 4.69) is 10.1 Å². The Morgan fingerprint density at radius 2 is 1.83 bits per heavy atom. The molecule has 0 aliphatic rings. The van der Waals surface area contributed by atoms with Gasteiger partial charge in [0.25, 0.3) is 5.56 Å². The van der Waals surface area contributed by atoms with Crippen molar-refractivity contribution < 1.29 is 4.79 Å². The number of benzene rings is 2. The second-order valence-corrected chi connectivity index (χ2v) is 7.78. The molecule has 2 aromatic heterocycles. The summed E-state index contributed by atoms with van der Waals surface area (Å²) < 4.78 is 2.95. The summed E-state index contributed by atoms with van der Waals surface area (Å²) in [7, 11) is 1.73. The lowest BCUT2D eigenvalue weighted by Crippen LogP contribution is -2.33. The first-order chi connectivity index (χ1) is 14.6. The summed E-state index contributed by atoms with van der Waals surface area (Å²) in [5.74, 6) is -0.164. The van der Waals surface area contributed by atoms with Crippen LogP contribution in [0.4, 0.5) is 0 Å². The first-order valence-electron chi connectivity index (χ1n) is 9.42. The zero-order chi connectivity index (χ0) is 21.1. The fourth-order valence-electron chi connectivity index (χ4n) is 3.18. The first-order valence-corrected chi connectivity index (χ1v) is 10.6. The van der Waals surface area contributed by atoms with Gasteiger partial charge in [-0.3, -0.25) is 14.2 Å². The molecule has 0 aliphatic heterocycles. The van der Waals surface area contributed by atoms with Crippen LogP contribution in [0.3, 0.4) is 0 Å². The largest absolute Gasteiger partial charge is 0.340 e. The van der Waals surface area contributed by atoms with Gasteiger partial charge in [0.15, 0.2) is 5.65 Å². The highest BCUT2D eigenvalue weighted by atomic mass is 32.2. The van der Waals surface area contributed by atoms with E-state index in [4.69, 9.17) is 0 Å². The second-order valence-electron chi connectivity index (χ2n) is 6.90. The summed E-state index contributed by atoms with van der Waals surface area (Å²) in [6.45, 7) is 0.404. The molecular weight excluding hydrogens is 398 g/mol. The fourth-order valence-corrected chi connectivity index (χ4v) is 3.59. The maximum atomic E-state index is 12.9. The summed E-state index contributed by atoms with van der Waals surface area (Å²) in [4.78, 5) is 32.7. The number of rotatable bonds is 6. The molecule has 4 rings (SSSR count). The van der Waals surface area contributed by atoms with Crippen LogP contribution >= 0.6 is 11.8 Å². The van der Waals surface area contributed by atoms with Crippen molar-refractivity contribution in [1.29, 1.82) is 0 Å². The Balaban J connectivity index is 1.52. The highest BCUT2D eigenvalue weighted by Gasteiger charge is 2.15. The lowest BCUT2D eigenvalue weighted by molar-refractivity contribution is -0.131. The quantitative estimate of drug-likeness (QED) is 0.449. The number of amides is 1. The zero-order valence-corrected chi connectivity index (χ0v) is 17.5. The summed E-state index contributed by atoms with van der Waals surface area (Å²) in [6, 6.07) is 17.6. The van der Waals surface area contributed by atoms with Crippen LogP contribution in [0.5, 0.6) is 0 Å². The van der Waals surface area contributed by atoms with E-state index in [1.807, 2.05) is 60.9 Å². The van der Waals surface area contributed by atoms with Gasteiger partial charge in [-0.25, -0.2) is 9.67 Å². The molecule has 2 heterocycles. The second kappa shape index (κ2) is 8.54. The molecule has 152 valence electrons. The van der Waals surface area contributed by atoms with Gasteiger partial charge in [-0.1, -0.05) is 30.3 Å². The maximum Gasteiger partial charge on any atom is 0.264 e. The minimum absolute atomic E-state index is 0.0717. The average Bonchev–Trinajstić information content (AvgIpc) is 3.21. The van der Waals surface area contributed by atoms with Crippen molar-refractivity contribution in [2.24, 2.45) is 0 Å². The van der Waals surface area contributed by atoms with Gasteiger partial charge >= 0.3 is 0 Å². The van der Waals surface area contributed by atoms with E-state index in [1.165, 1.54) is 22.0 Å². The first kappa shape index (κ1) is 19.9. The molecule has 0 saturated carbocycles. The van der Waals surface area contributed by atoms with Crippen LogP contribution < -0.4 is 5.56 Å². The summed E-state index contributed by atoms with van der Waals surface area (Å²) in [6.07, 6.45) is 4.93. The van der Waals surface area contributed by atoms with Crippen LogP contribution in [0, 0.1) is 0 Å². The monoisotopic (exact) mass is 419 g/mol. The molecule has 0 unspecified atom stereocenters. The molecule has 0 aliphatic carbocycles. The predicted molar refractivity (Wildman–Crippen MR) is 118 cm³/mol. The number of carbonyl (C=O) groups is 1. The standard InChI is InChI=1S/C22H21N5O2S/c1-25(13-16-8-10-18(30-2)11-9-16)20(28)14-26-15-23-21-19(22(26)29)12-24-27(21)17-6-4-3-5-7-17/h3-12,15H,13-14H2,1-2H3. The van der Waals surface area contributed by atoms with Crippen LogP contribution in [-0.2, 0) is 17.9 Å². The van der Waals surface area contributed by atoms with E-state index in [0.717, 1.165) is 11.3 Å². The number of nitrogens with zero attached hydrogens (tertiary/aromatic N) is 5. The number of aromatic nitrogens is 4. The summed E-state index contributed by atoms with van der Waals surface area (Å²) in [5, 5.41) is 4.67. The predicted octanol–water partition coefficient (Wildman–Crippen LogP) is 2.96. The van der Waals surface area contributed by atoms with Gasteiger partial charge in [-0.05, 0) is 36.1 Å². The molecule has 0 N–H and O–H groups in total. The third-order valence-corrected chi connectivity index (χ3v) is 5.61. The third-order valence-electron chi connectivity index (χ3n) is 4.87. The zero-order valence-electron chi connectivity index (χ0n) is 16.7. The minimum Gasteiger partial charge on any atom is -0.340 e. The lowest BCUT2D eigenvalue weighted by atomic mass is 10.2. The molecule has 8 heteroatoms. The van der Waals surface area contributed by atoms with Gasteiger partial charge in [0.2, 0.25) is 5.91 Å². The molecule has 1 amide bonds. The van der Waals surface area contributed by atoms with E-state index < -0.39 is 0 Å². The number of fused-ring (bicyclic) bond motifs is 1. The molecule has 0 atom stereocenters. The van der Waals surface area contributed by atoms with Crippen molar-refractivity contribution in [1.82, 2.24) is 24.2 Å². The van der Waals surface area contributed by atoms with Crippen LogP contribution in [0.15, 0.2) is 76.8 Å². The van der Waals surface area contributed by atoms with E-state index in [9.17, 15) is 9.59 Å². The highest BCUT2D eigenvalue weighted by Crippen LogP contribution is 2.16.